The number of imidazole rings is 1. The summed E-state index contributed by atoms with van der Waals surface area (Å²) in [4.78, 5) is 19.6. The van der Waals surface area contributed by atoms with Crippen LogP contribution in [0.1, 0.15) is 54.4 Å². The summed E-state index contributed by atoms with van der Waals surface area (Å²) >= 11 is 0. The molecule has 0 amide bonds. The normalized spacial score (nSPS) is 29.4. The van der Waals surface area contributed by atoms with E-state index in [1.165, 1.54) is 44.1 Å². The molecule has 30 heavy (non-hydrogen) atoms. The molecule has 4 bridgehead atoms. The van der Waals surface area contributed by atoms with Crippen molar-refractivity contribution in [2.45, 2.75) is 43.9 Å². The number of fused-ring (bicyclic) bond motifs is 1. The molecule has 154 valence electrons. The number of hydrogen-bond donors (Lipinski definition) is 2. The molecule has 2 N–H and O–H groups in total. The molecule has 1 heterocycles. The summed E-state index contributed by atoms with van der Waals surface area (Å²) in [6.07, 6.45) is 8.01. The van der Waals surface area contributed by atoms with Gasteiger partial charge in [0.15, 0.2) is 0 Å². The van der Waals surface area contributed by atoms with Crippen LogP contribution < -0.4 is 4.74 Å². The standard InChI is InChI=1S/C25H26N2O3/c1-30-21-6-5-17(23-26-20-4-2-3-18(24(28)29)22(20)27-23)10-19(21)25-11-14-7-15(12-25)9-16(8-14)13-25/h2-6,10,14-16H,7-9,11-13H2,1H3,(H,26,27)(H,28,29). The first kappa shape index (κ1) is 18.0. The fraction of sp³-hybridized carbons (Fsp3) is 0.440. The molecule has 1 aromatic heterocycles. The molecule has 0 spiro atoms. The largest absolute Gasteiger partial charge is 0.496 e. The molecule has 0 atom stereocenters. The highest BCUT2D eigenvalue weighted by molar-refractivity contribution is 6.01. The summed E-state index contributed by atoms with van der Waals surface area (Å²) in [5.74, 6) is 3.30. The van der Waals surface area contributed by atoms with E-state index in [0.717, 1.165) is 34.6 Å². The maximum atomic E-state index is 11.6. The van der Waals surface area contributed by atoms with Gasteiger partial charge in [-0.3, -0.25) is 0 Å². The minimum absolute atomic E-state index is 0.217. The van der Waals surface area contributed by atoms with Gasteiger partial charge < -0.3 is 14.8 Å². The van der Waals surface area contributed by atoms with E-state index in [2.05, 4.69) is 22.1 Å². The zero-order valence-electron chi connectivity index (χ0n) is 17.1. The van der Waals surface area contributed by atoms with Crippen LogP contribution >= 0.6 is 0 Å². The van der Waals surface area contributed by atoms with Gasteiger partial charge in [0.05, 0.1) is 18.2 Å². The number of aromatic amines is 1. The highest BCUT2D eigenvalue weighted by Crippen LogP contribution is 2.62. The van der Waals surface area contributed by atoms with Crippen LogP contribution in [0.2, 0.25) is 0 Å². The Kier molecular flexibility index (Phi) is 3.80. The maximum absolute atomic E-state index is 11.6. The van der Waals surface area contributed by atoms with Gasteiger partial charge in [-0.1, -0.05) is 6.07 Å². The predicted octanol–water partition coefficient (Wildman–Crippen LogP) is 5.40. The van der Waals surface area contributed by atoms with Gasteiger partial charge in [-0.2, -0.15) is 0 Å². The van der Waals surface area contributed by atoms with E-state index in [-0.39, 0.29) is 11.0 Å². The highest BCUT2D eigenvalue weighted by atomic mass is 16.5. The van der Waals surface area contributed by atoms with Crippen molar-refractivity contribution in [3.8, 4) is 17.1 Å². The number of aromatic carboxylic acids is 1. The van der Waals surface area contributed by atoms with Gasteiger partial charge in [0.25, 0.3) is 0 Å². The molecule has 4 aliphatic rings. The highest BCUT2D eigenvalue weighted by Gasteiger charge is 2.52. The second-order valence-electron chi connectivity index (χ2n) is 9.71. The summed E-state index contributed by atoms with van der Waals surface area (Å²) in [6, 6.07) is 11.6. The Morgan fingerprint density at radius 1 is 1.10 bits per heavy atom. The van der Waals surface area contributed by atoms with E-state index in [9.17, 15) is 9.90 Å². The lowest BCUT2D eigenvalue weighted by Gasteiger charge is -2.57. The summed E-state index contributed by atoms with van der Waals surface area (Å²) in [6.45, 7) is 0. The Morgan fingerprint density at radius 2 is 1.80 bits per heavy atom. The Labute approximate surface area is 175 Å². The fourth-order valence-electron chi connectivity index (χ4n) is 7.05. The monoisotopic (exact) mass is 402 g/mol. The first-order valence-electron chi connectivity index (χ1n) is 11.0. The Balaban J connectivity index is 1.47. The van der Waals surface area contributed by atoms with Crippen LogP contribution in [0.4, 0.5) is 0 Å². The van der Waals surface area contributed by atoms with Gasteiger partial charge in [0.1, 0.15) is 17.1 Å². The molecule has 4 aliphatic carbocycles. The first-order chi connectivity index (χ1) is 14.5. The number of carboxylic acids is 1. The van der Waals surface area contributed by atoms with Gasteiger partial charge in [0, 0.05) is 11.1 Å². The van der Waals surface area contributed by atoms with Crippen molar-refractivity contribution in [3.63, 3.8) is 0 Å². The summed E-state index contributed by atoms with van der Waals surface area (Å²) in [5, 5.41) is 9.50. The number of methoxy groups -OCH3 is 1. The Morgan fingerprint density at radius 3 is 2.43 bits per heavy atom. The van der Waals surface area contributed by atoms with Crippen molar-refractivity contribution >= 4 is 17.0 Å². The zero-order valence-corrected chi connectivity index (χ0v) is 17.1. The average molecular weight is 402 g/mol. The minimum Gasteiger partial charge on any atom is -0.496 e. The predicted molar refractivity (Wildman–Crippen MR) is 115 cm³/mol. The van der Waals surface area contributed by atoms with E-state index in [0.29, 0.717) is 11.3 Å². The molecule has 2 aromatic carbocycles. The van der Waals surface area contributed by atoms with Crippen LogP contribution in [-0.2, 0) is 5.41 Å². The molecule has 7 rings (SSSR count). The number of carboxylic acid groups (broad SMARTS) is 1. The number of ether oxygens (including phenoxy) is 1. The van der Waals surface area contributed by atoms with E-state index >= 15 is 0 Å². The summed E-state index contributed by atoms with van der Waals surface area (Å²) in [5.41, 5.74) is 4.01. The molecule has 5 nitrogen and oxygen atoms in total. The van der Waals surface area contributed by atoms with Crippen molar-refractivity contribution in [2.24, 2.45) is 17.8 Å². The van der Waals surface area contributed by atoms with Crippen LogP contribution in [0.3, 0.4) is 0 Å². The number of nitrogens with one attached hydrogen (secondary N) is 1. The Bertz CT molecular complexity index is 1130. The quantitative estimate of drug-likeness (QED) is 0.612. The van der Waals surface area contributed by atoms with Crippen LogP contribution in [0.25, 0.3) is 22.4 Å². The number of aromatic nitrogens is 2. The van der Waals surface area contributed by atoms with E-state index < -0.39 is 5.97 Å². The Hall–Kier alpha value is -2.82. The van der Waals surface area contributed by atoms with E-state index in [1.54, 1.807) is 19.2 Å². The van der Waals surface area contributed by atoms with Gasteiger partial charge in [-0.15, -0.1) is 0 Å². The van der Waals surface area contributed by atoms with Crippen molar-refractivity contribution in [3.05, 3.63) is 47.5 Å². The molecular weight excluding hydrogens is 376 g/mol. The second-order valence-corrected chi connectivity index (χ2v) is 9.71. The molecule has 4 saturated carbocycles. The third-order valence-corrected chi connectivity index (χ3v) is 7.83. The van der Waals surface area contributed by atoms with Gasteiger partial charge >= 0.3 is 5.97 Å². The van der Waals surface area contributed by atoms with Crippen molar-refractivity contribution in [2.75, 3.05) is 7.11 Å². The fourth-order valence-corrected chi connectivity index (χ4v) is 7.05. The molecular formula is C25H26N2O3. The SMILES string of the molecule is COc1ccc(-c2nc3c(C(=O)O)cccc3[nH]2)cc1C12CC3CC(CC(C3)C1)C2. The van der Waals surface area contributed by atoms with Gasteiger partial charge in [0.2, 0.25) is 0 Å². The summed E-state index contributed by atoms with van der Waals surface area (Å²) in [7, 11) is 1.76. The number of rotatable bonds is 4. The average Bonchev–Trinajstić information content (AvgIpc) is 3.16. The lowest BCUT2D eigenvalue weighted by atomic mass is 9.48. The molecule has 0 aliphatic heterocycles. The number of H-pyrrole nitrogens is 1. The van der Waals surface area contributed by atoms with Crippen molar-refractivity contribution in [1.82, 2.24) is 9.97 Å². The third kappa shape index (κ3) is 2.60. The van der Waals surface area contributed by atoms with Crippen LogP contribution in [-0.4, -0.2) is 28.2 Å². The summed E-state index contributed by atoms with van der Waals surface area (Å²) < 4.78 is 5.83. The van der Waals surface area contributed by atoms with E-state index in [1.807, 2.05) is 12.1 Å². The van der Waals surface area contributed by atoms with Crippen LogP contribution in [0.5, 0.6) is 5.75 Å². The zero-order chi connectivity index (χ0) is 20.5. The molecule has 0 radical (unpaired) electrons. The lowest BCUT2D eigenvalue weighted by Crippen LogP contribution is -2.48. The second kappa shape index (κ2) is 6.34. The topological polar surface area (TPSA) is 75.2 Å². The number of carbonyl (C=O) groups is 1. The van der Waals surface area contributed by atoms with Crippen LogP contribution in [0, 0.1) is 17.8 Å². The lowest BCUT2D eigenvalue weighted by molar-refractivity contribution is -0.00613. The van der Waals surface area contributed by atoms with Crippen molar-refractivity contribution in [1.29, 1.82) is 0 Å². The van der Waals surface area contributed by atoms with Gasteiger partial charge in [-0.05, 0) is 92.0 Å². The van der Waals surface area contributed by atoms with Crippen molar-refractivity contribution < 1.29 is 14.6 Å². The minimum atomic E-state index is -0.956. The molecule has 4 fully saturated rings. The maximum Gasteiger partial charge on any atom is 0.337 e. The number of hydrogen-bond acceptors (Lipinski definition) is 3. The number of nitrogens with zero attached hydrogens (tertiary/aromatic N) is 1. The smallest absolute Gasteiger partial charge is 0.337 e. The first-order valence-corrected chi connectivity index (χ1v) is 11.0. The van der Waals surface area contributed by atoms with Crippen LogP contribution in [0.15, 0.2) is 36.4 Å². The molecule has 5 heteroatoms. The molecule has 0 saturated heterocycles. The van der Waals surface area contributed by atoms with Gasteiger partial charge in [-0.25, -0.2) is 9.78 Å². The molecule has 3 aromatic rings. The third-order valence-electron chi connectivity index (χ3n) is 7.83. The number of benzene rings is 2. The molecule has 0 unspecified atom stereocenters. The van der Waals surface area contributed by atoms with E-state index in [4.69, 9.17) is 4.74 Å². The number of para-hydroxylation sites is 1.